The number of nitrogens with zero attached hydrogens (tertiary/aromatic N) is 2. The lowest BCUT2D eigenvalue weighted by molar-refractivity contribution is 0.0752. The predicted octanol–water partition coefficient (Wildman–Crippen LogP) is 2.40. The van der Waals surface area contributed by atoms with Crippen molar-refractivity contribution in [3.8, 4) is 0 Å². The number of hydrogen-bond acceptors (Lipinski definition) is 5. The number of hydrogen-bond donors (Lipinski definition) is 0. The maximum Gasteiger partial charge on any atom is 0.357 e. The molecule has 0 aliphatic heterocycles. The molecule has 0 saturated heterocycles. The minimum atomic E-state index is -0.614. The molecule has 16 heavy (non-hydrogen) atoms. The summed E-state index contributed by atoms with van der Waals surface area (Å²) in [6.07, 6.45) is 2.21. The zero-order valence-electron chi connectivity index (χ0n) is 8.78. The van der Waals surface area contributed by atoms with E-state index in [9.17, 15) is 4.79 Å². The van der Waals surface area contributed by atoms with E-state index in [0.717, 1.165) is 5.56 Å². The zero-order valence-corrected chi connectivity index (χ0v) is 9.54. The predicted molar refractivity (Wildman–Crippen MR) is 57.2 cm³/mol. The first kappa shape index (κ1) is 10.9. The van der Waals surface area contributed by atoms with Crippen LogP contribution in [0.1, 0.15) is 28.5 Å². The van der Waals surface area contributed by atoms with Crippen molar-refractivity contribution < 1.29 is 13.6 Å². The number of pyridine rings is 1. The fraction of sp³-hybridized carbons (Fsp3) is 0.300. The molecule has 0 aromatic carbocycles. The van der Waals surface area contributed by atoms with Crippen LogP contribution >= 0.6 is 11.9 Å². The van der Waals surface area contributed by atoms with Crippen LogP contribution in [-0.4, -0.2) is 16.1 Å². The monoisotopic (exact) mass is 240 g/mol. The van der Waals surface area contributed by atoms with Crippen molar-refractivity contribution in [2.24, 2.45) is 0 Å². The lowest BCUT2D eigenvalue weighted by Crippen LogP contribution is -2.05. The van der Waals surface area contributed by atoms with E-state index in [0.29, 0.717) is 28.8 Å². The summed E-state index contributed by atoms with van der Waals surface area (Å²) >= 11 is 5.11. The summed E-state index contributed by atoms with van der Waals surface area (Å²) in [7, 11) is 0. The van der Waals surface area contributed by atoms with Gasteiger partial charge in [0.15, 0.2) is 0 Å². The molecule has 0 aliphatic rings. The third-order valence-electron chi connectivity index (χ3n) is 2.41. The molecule has 0 amide bonds. The Labute approximate surface area is 96.5 Å². The van der Waals surface area contributed by atoms with E-state index in [4.69, 9.17) is 16.4 Å². The van der Waals surface area contributed by atoms with E-state index in [2.05, 4.69) is 14.4 Å². The SMILES string of the molecule is CCc1cnc2onc(C)c2c1C(=O)OCl. The van der Waals surface area contributed by atoms with E-state index >= 15 is 0 Å². The summed E-state index contributed by atoms with van der Waals surface area (Å²) in [5, 5.41) is 4.32. The largest absolute Gasteiger partial charge is 0.357 e. The molecule has 0 spiro atoms. The van der Waals surface area contributed by atoms with Crippen LogP contribution in [0.5, 0.6) is 0 Å². The molecule has 0 atom stereocenters. The first-order valence-electron chi connectivity index (χ1n) is 4.75. The van der Waals surface area contributed by atoms with Gasteiger partial charge in [0.1, 0.15) is 11.9 Å². The molecule has 0 bridgehead atoms. The van der Waals surface area contributed by atoms with Crippen LogP contribution in [0.2, 0.25) is 0 Å². The number of rotatable bonds is 2. The Kier molecular flexibility index (Phi) is 2.78. The van der Waals surface area contributed by atoms with Gasteiger partial charge in [0.25, 0.3) is 5.71 Å². The maximum absolute atomic E-state index is 11.6. The van der Waals surface area contributed by atoms with Crippen LogP contribution in [-0.2, 0) is 10.7 Å². The lowest BCUT2D eigenvalue weighted by Gasteiger charge is -2.04. The van der Waals surface area contributed by atoms with E-state index in [1.165, 1.54) is 0 Å². The summed E-state index contributed by atoms with van der Waals surface area (Å²) in [5.74, 6) is -0.614. The average Bonchev–Trinajstić information content (AvgIpc) is 2.69. The van der Waals surface area contributed by atoms with Gasteiger partial charge in [-0.3, -0.25) is 0 Å². The summed E-state index contributed by atoms with van der Waals surface area (Å²) in [6, 6.07) is 0. The maximum atomic E-state index is 11.6. The lowest BCUT2D eigenvalue weighted by atomic mass is 10.0. The van der Waals surface area contributed by atoms with Crippen LogP contribution in [0, 0.1) is 6.92 Å². The average molecular weight is 241 g/mol. The molecular formula is C10H9ClN2O3. The molecule has 0 saturated carbocycles. The Morgan fingerprint density at radius 1 is 1.62 bits per heavy atom. The minimum Gasteiger partial charge on any atom is -0.343 e. The molecular weight excluding hydrogens is 232 g/mol. The van der Waals surface area contributed by atoms with Crippen LogP contribution in [0.25, 0.3) is 11.1 Å². The van der Waals surface area contributed by atoms with Gasteiger partial charge in [0.05, 0.1) is 16.6 Å². The van der Waals surface area contributed by atoms with E-state index in [-0.39, 0.29) is 0 Å². The topological polar surface area (TPSA) is 65.2 Å². The van der Waals surface area contributed by atoms with E-state index in [1.807, 2.05) is 6.92 Å². The van der Waals surface area contributed by atoms with Crippen molar-refractivity contribution in [3.63, 3.8) is 0 Å². The summed E-state index contributed by atoms with van der Waals surface area (Å²) in [6.45, 7) is 3.65. The van der Waals surface area contributed by atoms with Gasteiger partial charge in [-0.15, -0.1) is 0 Å². The van der Waals surface area contributed by atoms with Gasteiger partial charge in [-0.2, -0.15) is 0 Å². The molecule has 0 radical (unpaired) electrons. The molecule has 2 aromatic heterocycles. The second-order valence-corrected chi connectivity index (χ2v) is 3.48. The molecule has 6 heteroatoms. The van der Waals surface area contributed by atoms with Crippen molar-refractivity contribution in [2.45, 2.75) is 20.3 Å². The zero-order chi connectivity index (χ0) is 11.7. The summed E-state index contributed by atoms with van der Waals surface area (Å²) in [5.41, 5.74) is 2.03. The first-order valence-corrected chi connectivity index (χ1v) is 5.06. The van der Waals surface area contributed by atoms with E-state index in [1.54, 1.807) is 13.1 Å². The molecule has 84 valence electrons. The standard InChI is InChI=1S/C10H9ClN2O3/c1-3-6-4-12-9-7(5(2)13-16-9)8(6)10(14)15-11/h4H,3H2,1-2H3. The van der Waals surface area contributed by atoms with Gasteiger partial charge >= 0.3 is 5.97 Å². The highest BCUT2D eigenvalue weighted by molar-refractivity contribution is 6.18. The smallest absolute Gasteiger partial charge is 0.343 e. The number of aromatic nitrogens is 2. The quantitative estimate of drug-likeness (QED) is 0.806. The van der Waals surface area contributed by atoms with Crippen LogP contribution in [0.3, 0.4) is 0 Å². The van der Waals surface area contributed by atoms with Gasteiger partial charge in [-0.05, 0) is 18.9 Å². The van der Waals surface area contributed by atoms with Crippen LogP contribution < -0.4 is 0 Å². The highest BCUT2D eigenvalue weighted by Gasteiger charge is 2.21. The van der Waals surface area contributed by atoms with E-state index < -0.39 is 5.97 Å². The van der Waals surface area contributed by atoms with Crippen LogP contribution in [0.4, 0.5) is 0 Å². The van der Waals surface area contributed by atoms with Gasteiger partial charge in [0.2, 0.25) is 0 Å². The van der Waals surface area contributed by atoms with Crippen LogP contribution in [0.15, 0.2) is 10.7 Å². The number of fused-ring (bicyclic) bond motifs is 1. The fourth-order valence-electron chi connectivity index (χ4n) is 1.64. The van der Waals surface area contributed by atoms with Gasteiger partial charge in [-0.25, -0.2) is 9.78 Å². The number of halogens is 1. The molecule has 0 unspecified atom stereocenters. The molecule has 2 rings (SSSR count). The van der Waals surface area contributed by atoms with Crippen molar-refractivity contribution in [1.29, 1.82) is 0 Å². The fourth-order valence-corrected chi connectivity index (χ4v) is 1.71. The molecule has 5 nitrogen and oxygen atoms in total. The third kappa shape index (κ3) is 1.53. The Morgan fingerprint density at radius 2 is 2.38 bits per heavy atom. The molecule has 0 N–H and O–H groups in total. The van der Waals surface area contributed by atoms with Crippen molar-refractivity contribution in [3.05, 3.63) is 23.0 Å². The summed E-state index contributed by atoms with van der Waals surface area (Å²) < 4.78 is 9.22. The molecule has 2 heterocycles. The van der Waals surface area contributed by atoms with Gasteiger partial charge in [-0.1, -0.05) is 12.1 Å². The molecule has 2 aromatic rings. The number of aryl methyl sites for hydroxylation is 2. The van der Waals surface area contributed by atoms with Crippen molar-refractivity contribution >= 4 is 28.9 Å². The summed E-state index contributed by atoms with van der Waals surface area (Å²) in [4.78, 5) is 15.7. The van der Waals surface area contributed by atoms with Crippen molar-refractivity contribution in [1.82, 2.24) is 10.1 Å². The minimum absolute atomic E-state index is 0.312. The number of carbonyl (C=O) groups excluding carboxylic acids is 1. The second-order valence-electron chi connectivity index (χ2n) is 3.32. The van der Waals surface area contributed by atoms with Crippen molar-refractivity contribution in [2.75, 3.05) is 0 Å². The Morgan fingerprint density at radius 3 is 3.00 bits per heavy atom. The third-order valence-corrected chi connectivity index (χ3v) is 2.55. The second kappa shape index (κ2) is 4.09. The Hall–Kier alpha value is -1.62. The van der Waals surface area contributed by atoms with Gasteiger partial charge < -0.3 is 8.81 Å². The Balaban J connectivity index is 2.82. The number of carbonyl (C=O) groups is 1. The molecule has 0 fully saturated rings. The molecule has 0 aliphatic carbocycles. The highest BCUT2D eigenvalue weighted by Crippen LogP contribution is 2.25. The normalized spacial score (nSPS) is 10.7. The highest BCUT2D eigenvalue weighted by atomic mass is 35.5. The van der Waals surface area contributed by atoms with Gasteiger partial charge in [0, 0.05) is 6.20 Å². The first-order chi connectivity index (χ1) is 7.69. The Bertz CT molecular complexity index is 550.